The number of benzene rings is 1. The average molecular weight is 219 g/mol. The van der Waals surface area contributed by atoms with E-state index in [1.54, 1.807) is 0 Å². The van der Waals surface area contributed by atoms with E-state index in [0.29, 0.717) is 0 Å². The van der Waals surface area contributed by atoms with Crippen LogP contribution < -0.4 is 5.32 Å². The first-order valence-corrected chi connectivity index (χ1v) is 5.67. The topological polar surface area (TPSA) is 38.3 Å². The van der Waals surface area contributed by atoms with E-state index in [0.717, 1.165) is 19.4 Å². The molecular weight excluding hydrogens is 202 g/mol. The minimum absolute atomic E-state index is 0.0384. The van der Waals surface area contributed by atoms with Crippen LogP contribution in [-0.2, 0) is 9.53 Å². The zero-order valence-electron chi connectivity index (χ0n) is 9.48. The summed E-state index contributed by atoms with van der Waals surface area (Å²) in [6, 6.07) is 10.5. The second-order valence-electron chi connectivity index (χ2n) is 4.16. The number of methoxy groups -OCH3 is 1. The number of nitrogens with one attached hydrogen (secondary N) is 1. The van der Waals surface area contributed by atoms with Crippen molar-refractivity contribution in [2.75, 3.05) is 13.7 Å². The Labute approximate surface area is 95.8 Å². The Morgan fingerprint density at radius 1 is 1.38 bits per heavy atom. The summed E-state index contributed by atoms with van der Waals surface area (Å²) in [7, 11) is 1.46. The van der Waals surface area contributed by atoms with Gasteiger partial charge in [0.1, 0.15) is 0 Å². The Hall–Kier alpha value is -1.35. The molecule has 0 bridgehead atoms. The van der Waals surface area contributed by atoms with Crippen molar-refractivity contribution in [3.8, 4) is 0 Å². The molecule has 86 valence electrons. The Bertz CT molecular complexity index is 350. The molecule has 1 saturated heterocycles. The zero-order valence-corrected chi connectivity index (χ0v) is 9.48. The van der Waals surface area contributed by atoms with Gasteiger partial charge in [0.25, 0.3) is 0 Å². The zero-order chi connectivity index (χ0) is 11.4. The molecule has 3 heteroatoms. The third kappa shape index (κ3) is 2.42. The van der Waals surface area contributed by atoms with Gasteiger partial charge < -0.3 is 10.1 Å². The summed E-state index contributed by atoms with van der Waals surface area (Å²) in [5.41, 5.74) is 1.25. The van der Waals surface area contributed by atoms with Crippen LogP contribution in [0.25, 0.3) is 0 Å². The van der Waals surface area contributed by atoms with Crippen molar-refractivity contribution in [3.63, 3.8) is 0 Å². The third-order valence-corrected chi connectivity index (χ3v) is 3.14. The molecule has 3 nitrogen and oxygen atoms in total. The van der Waals surface area contributed by atoms with Crippen molar-refractivity contribution >= 4 is 5.97 Å². The summed E-state index contributed by atoms with van der Waals surface area (Å²) in [6.07, 6.45) is 1.70. The van der Waals surface area contributed by atoms with Gasteiger partial charge in [-0.1, -0.05) is 30.3 Å². The van der Waals surface area contributed by atoms with E-state index in [1.165, 1.54) is 12.7 Å². The lowest BCUT2D eigenvalue weighted by atomic mass is 9.89. The van der Waals surface area contributed by atoms with Gasteiger partial charge in [-0.2, -0.15) is 0 Å². The van der Waals surface area contributed by atoms with Crippen LogP contribution in [0.3, 0.4) is 0 Å². The van der Waals surface area contributed by atoms with Crippen molar-refractivity contribution in [2.24, 2.45) is 5.92 Å². The van der Waals surface area contributed by atoms with Gasteiger partial charge in [0.05, 0.1) is 13.0 Å². The molecular formula is C13H17NO2. The van der Waals surface area contributed by atoms with Crippen molar-refractivity contribution in [1.82, 2.24) is 5.32 Å². The Kier molecular flexibility index (Phi) is 3.57. The third-order valence-electron chi connectivity index (χ3n) is 3.14. The highest BCUT2D eigenvalue weighted by atomic mass is 16.5. The molecule has 1 aromatic rings. The summed E-state index contributed by atoms with van der Waals surface area (Å²) >= 11 is 0. The molecule has 1 heterocycles. The van der Waals surface area contributed by atoms with Crippen LogP contribution in [-0.4, -0.2) is 19.6 Å². The minimum atomic E-state index is -0.0811. The lowest BCUT2D eigenvalue weighted by Crippen LogP contribution is -2.35. The van der Waals surface area contributed by atoms with Gasteiger partial charge in [-0.25, -0.2) is 0 Å². The quantitative estimate of drug-likeness (QED) is 0.772. The Morgan fingerprint density at radius 2 is 2.12 bits per heavy atom. The van der Waals surface area contributed by atoms with Crippen LogP contribution in [0.1, 0.15) is 24.4 Å². The minimum Gasteiger partial charge on any atom is -0.469 e. The van der Waals surface area contributed by atoms with E-state index in [9.17, 15) is 4.79 Å². The maximum Gasteiger partial charge on any atom is 0.308 e. The molecule has 0 amide bonds. The van der Waals surface area contributed by atoms with E-state index in [2.05, 4.69) is 17.4 Å². The molecule has 1 N–H and O–H groups in total. The van der Waals surface area contributed by atoms with Gasteiger partial charge in [0, 0.05) is 6.04 Å². The summed E-state index contributed by atoms with van der Waals surface area (Å²) in [5.74, 6) is -0.0427. The number of hydrogen-bond acceptors (Lipinski definition) is 3. The summed E-state index contributed by atoms with van der Waals surface area (Å²) in [4.78, 5) is 11.5. The first-order valence-electron chi connectivity index (χ1n) is 5.67. The molecule has 1 aliphatic rings. The molecule has 1 unspecified atom stereocenters. The molecule has 1 aliphatic heterocycles. The van der Waals surface area contributed by atoms with E-state index in [4.69, 9.17) is 4.74 Å². The van der Waals surface area contributed by atoms with E-state index < -0.39 is 0 Å². The van der Waals surface area contributed by atoms with Gasteiger partial charge in [-0.3, -0.25) is 4.79 Å². The van der Waals surface area contributed by atoms with E-state index in [1.807, 2.05) is 18.2 Å². The fourth-order valence-corrected chi connectivity index (χ4v) is 2.24. The van der Waals surface area contributed by atoms with E-state index in [-0.39, 0.29) is 17.9 Å². The standard InChI is InChI=1S/C13H17NO2/c1-16-13(15)11-7-8-14-12(9-11)10-5-3-2-4-6-10/h2-6,11-12,14H,7-9H2,1H3/t11?,12-/m0/s1. The van der Waals surface area contributed by atoms with Crippen LogP contribution in [0.2, 0.25) is 0 Å². The smallest absolute Gasteiger partial charge is 0.308 e. The Morgan fingerprint density at radius 3 is 2.81 bits per heavy atom. The average Bonchev–Trinajstić information content (AvgIpc) is 2.39. The monoisotopic (exact) mass is 219 g/mol. The van der Waals surface area contributed by atoms with Gasteiger partial charge >= 0.3 is 5.97 Å². The van der Waals surface area contributed by atoms with Crippen molar-refractivity contribution < 1.29 is 9.53 Å². The first kappa shape index (κ1) is 11.1. The number of carbonyl (C=O) groups excluding carboxylic acids is 1. The molecule has 2 rings (SSSR count). The molecule has 0 spiro atoms. The van der Waals surface area contributed by atoms with Gasteiger partial charge in [-0.05, 0) is 24.9 Å². The fourth-order valence-electron chi connectivity index (χ4n) is 2.24. The fraction of sp³-hybridized carbons (Fsp3) is 0.462. The van der Waals surface area contributed by atoms with Crippen LogP contribution in [0.5, 0.6) is 0 Å². The van der Waals surface area contributed by atoms with Gasteiger partial charge in [0.2, 0.25) is 0 Å². The maximum atomic E-state index is 11.5. The van der Waals surface area contributed by atoms with Crippen LogP contribution in [0, 0.1) is 5.92 Å². The van der Waals surface area contributed by atoms with Crippen molar-refractivity contribution in [1.29, 1.82) is 0 Å². The largest absolute Gasteiger partial charge is 0.469 e. The molecule has 0 aromatic heterocycles. The number of ether oxygens (including phenoxy) is 1. The van der Waals surface area contributed by atoms with Gasteiger partial charge in [0.15, 0.2) is 0 Å². The number of carbonyl (C=O) groups is 1. The normalized spacial score (nSPS) is 25.1. The summed E-state index contributed by atoms with van der Waals surface area (Å²) in [6.45, 7) is 0.874. The number of rotatable bonds is 2. The highest BCUT2D eigenvalue weighted by Gasteiger charge is 2.28. The van der Waals surface area contributed by atoms with Crippen molar-refractivity contribution in [2.45, 2.75) is 18.9 Å². The molecule has 16 heavy (non-hydrogen) atoms. The predicted octanol–water partition coefficient (Wildman–Crippen LogP) is 1.90. The van der Waals surface area contributed by atoms with Crippen LogP contribution >= 0.6 is 0 Å². The second-order valence-corrected chi connectivity index (χ2v) is 4.16. The summed E-state index contributed by atoms with van der Waals surface area (Å²) < 4.78 is 4.81. The molecule has 2 atom stereocenters. The SMILES string of the molecule is COC(=O)C1CCN[C@H](c2ccccc2)C1. The molecule has 1 fully saturated rings. The van der Waals surface area contributed by atoms with Crippen LogP contribution in [0.4, 0.5) is 0 Å². The van der Waals surface area contributed by atoms with Gasteiger partial charge in [-0.15, -0.1) is 0 Å². The maximum absolute atomic E-state index is 11.5. The molecule has 1 aromatic carbocycles. The lowest BCUT2D eigenvalue weighted by Gasteiger charge is -2.29. The number of esters is 1. The number of hydrogen-bond donors (Lipinski definition) is 1. The highest BCUT2D eigenvalue weighted by molar-refractivity contribution is 5.72. The van der Waals surface area contributed by atoms with E-state index >= 15 is 0 Å². The molecule has 0 saturated carbocycles. The summed E-state index contributed by atoms with van der Waals surface area (Å²) in [5, 5.41) is 3.44. The van der Waals surface area contributed by atoms with Crippen LogP contribution in [0.15, 0.2) is 30.3 Å². The Balaban J connectivity index is 2.05. The lowest BCUT2D eigenvalue weighted by molar-refractivity contribution is -0.146. The molecule has 0 aliphatic carbocycles. The van der Waals surface area contributed by atoms with Crippen molar-refractivity contribution in [3.05, 3.63) is 35.9 Å². The predicted molar refractivity (Wildman–Crippen MR) is 61.9 cm³/mol. The second kappa shape index (κ2) is 5.12. The highest BCUT2D eigenvalue weighted by Crippen LogP contribution is 2.27. The first-order chi connectivity index (χ1) is 7.81. The molecule has 0 radical (unpaired) electrons. The number of piperidine rings is 1.